The fourth-order valence-electron chi connectivity index (χ4n) is 2.20. The molecule has 1 aromatic heterocycles. The number of ether oxygens (including phenoxy) is 1. The van der Waals surface area contributed by atoms with Crippen LogP contribution in [0, 0.1) is 0 Å². The van der Waals surface area contributed by atoms with Gasteiger partial charge < -0.3 is 15.4 Å². The molecule has 2 heterocycles. The third-order valence-electron chi connectivity index (χ3n) is 3.03. The molecule has 0 bridgehead atoms. The van der Waals surface area contributed by atoms with E-state index >= 15 is 0 Å². The van der Waals surface area contributed by atoms with Crippen LogP contribution in [0.25, 0.3) is 0 Å². The summed E-state index contributed by atoms with van der Waals surface area (Å²) in [6.45, 7) is 2.68. The highest BCUT2D eigenvalue weighted by molar-refractivity contribution is 5.34. The van der Waals surface area contributed by atoms with Crippen LogP contribution in [0.2, 0.25) is 0 Å². The fraction of sp³-hybridized carbons (Fsp3) is 0.583. The van der Waals surface area contributed by atoms with Gasteiger partial charge in [-0.05, 0) is 31.5 Å². The SMILES string of the molecule is COCC1(CNc2ccccn2)CCCN1. The van der Waals surface area contributed by atoms with Gasteiger partial charge in [-0.1, -0.05) is 6.07 Å². The molecule has 1 atom stereocenters. The topological polar surface area (TPSA) is 46.2 Å². The van der Waals surface area contributed by atoms with Crippen molar-refractivity contribution < 1.29 is 4.74 Å². The molecular formula is C12H19N3O. The summed E-state index contributed by atoms with van der Waals surface area (Å²) in [6.07, 6.45) is 4.17. The second kappa shape index (κ2) is 5.27. The Balaban J connectivity index is 1.92. The molecule has 88 valence electrons. The average Bonchev–Trinajstić information content (AvgIpc) is 2.78. The highest BCUT2D eigenvalue weighted by Gasteiger charge is 2.33. The van der Waals surface area contributed by atoms with Crippen molar-refractivity contribution in [1.82, 2.24) is 10.3 Å². The van der Waals surface area contributed by atoms with Crippen LogP contribution in [-0.4, -0.2) is 37.3 Å². The predicted molar refractivity (Wildman–Crippen MR) is 64.6 cm³/mol. The van der Waals surface area contributed by atoms with Crippen LogP contribution in [0.4, 0.5) is 5.82 Å². The van der Waals surface area contributed by atoms with E-state index in [9.17, 15) is 0 Å². The molecule has 1 aliphatic heterocycles. The van der Waals surface area contributed by atoms with Crippen molar-refractivity contribution in [3.8, 4) is 0 Å². The largest absolute Gasteiger partial charge is 0.383 e. The van der Waals surface area contributed by atoms with Gasteiger partial charge in [0.2, 0.25) is 0 Å². The molecule has 0 radical (unpaired) electrons. The summed E-state index contributed by atoms with van der Waals surface area (Å²) >= 11 is 0. The molecule has 0 aromatic carbocycles. The van der Waals surface area contributed by atoms with Crippen LogP contribution in [0.5, 0.6) is 0 Å². The first-order valence-electron chi connectivity index (χ1n) is 5.74. The van der Waals surface area contributed by atoms with Gasteiger partial charge in [-0.2, -0.15) is 0 Å². The Morgan fingerprint density at radius 1 is 1.56 bits per heavy atom. The third kappa shape index (κ3) is 2.71. The van der Waals surface area contributed by atoms with E-state index in [0.29, 0.717) is 0 Å². The van der Waals surface area contributed by atoms with Gasteiger partial charge >= 0.3 is 0 Å². The normalized spacial score (nSPS) is 24.6. The smallest absolute Gasteiger partial charge is 0.125 e. The Morgan fingerprint density at radius 2 is 2.50 bits per heavy atom. The molecule has 1 fully saturated rings. The van der Waals surface area contributed by atoms with Gasteiger partial charge in [-0.3, -0.25) is 0 Å². The van der Waals surface area contributed by atoms with Gasteiger partial charge in [0.05, 0.1) is 12.1 Å². The molecule has 16 heavy (non-hydrogen) atoms. The van der Waals surface area contributed by atoms with Crippen LogP contribution in [-0.2, 0) is 4.74 Å². The van der Waals surface area contributed by atoms with Gasteiger partial charge in [0.25, 0.3) is 0 Å². The zero-order valence-electron chi connectivity index (χ0n) is 9.70. The van der Waals surface area contributed by atoms with Gasteiger partial charge in [0.15, 0.2) is 0 Å². The number of hydrogen-bond donors (Lipinski definition) is 2. The van der Waals surface area contributed by atoms with E-state index in [4.69, 9.17) is 4.74 Å². The Kier molecular flexibility index (Phi) is 3.74. The van der Waals surface area contributed by atoms with E-state index in [0.717, 1.165) is 31.9 Å². The molecule has 1 saturated heterocycles. The minimum atomic E-state index is 0.0757. The lowest BCUT2D eigenvalue weighted by atomic mass is 9.99. The summed E-state index contributed by atoms with van der Waals surface area (Å²) in [5.41, 5.74) is 0.0757. The van der Waals surface area contributed by atoms with Gasteiger partial charge in [0, 0.05) is 19.9 Å². The molecule has 2 N–H and O–H groups in total. The summed E-state index contributed by atoms with van der Waals surface area (Å²) in [5, 5.41) is 6.88. The molecule has 4 heteroatoms. The second-order valence-electron chi connectivity index (χ2n) is 4.31. The molecular weight excluding hydrogens is 202 g/mol. The highest BCUT2D eigenvalue weighted by Crippen LogP contribution is 2.20. The van der Waals surface area contributed by atoms with Gasteiger partial charge in [-0.15, -0.1) is 0 Å². The number of rotatable bonds is 5. The van der Waals surface area contributed by atoms with E-state index in [1.807, 2.05) is 18.2 Å². The number of nitrogens with zero attached hydrogens (tertiary/aromatic N) is 1. The lowest BCUT2D eigenvalue weighted by Crippen LogP contribution is -2.49. The van der Waals surface area contributed by atoms with E-state index in [2.05, 4.69) is 15.6 Å². The maximum absolute atomic E-state index is 5.29. The molecule has 1 unspecified atom stereocenters. The maximum Gasteiger partial charge on any atom is 0.125 e. The minimum Gasteiger partial charge on any atom is -0.383 e. The highest BCUT2D eigenvalue weighted by atomic mass is 16.5. The van der Waals surface area contributed by atoms with Crippen molar-refractivity contribution in [3.63, 3.8) is 0 Å². The molecule has 1 aliphatic rings. The number of nitrogens with one attached hydrogen (secondary N) is 2. The van der Waals surface area contributed by atoms with Crippen molar-refractivity contribution in [2.75, 3.05) is 32.1 Å². The summed E-state index contributed by atoms with van der Waals surface area (Å²) in [4.78, 5) is 4.25. The van der Waals surface area contributed by atoms with Gasteiger partial charge in [0.1, 0.15) is 5.82 Å². The second-order valence-corrected chi connectivity index (χ2v) is 4.31. The quantitative estimate of drug-likeness (QED) is 0.786. The van der Waals surface area contributed by atoms with E-state index in [-0.39, 0.29) is 5.54 Å². The summed E-state index contributed by atoms with van der Waals surface area (Å²) in [6, 6.07) is 5.89. The molecule has 0 spiro atoms. The summed E-state index contributed by atoms with van der Waals surface area (Å²) in [7, 11) is 1.75. The molecule has 2 rings (SSSR count). The van der Waals surface area contributed by atoms with Crippen molar-refractivity contribution in [2.24, 2.45) is 0 Å². The minimum absolute atomic E-state index is 0.0757. The Hall–Kier alpha value is -1.13. The van der Waals surface area contributed by atoms with E-state index in [1.165, 1.54) is 6.42 Å². The first-order valence-corrected chi connectivity index (χ1v) is 5.74. The summed E-state index contributed by atoms with van der Waals surface area (Å²) < 4.78 is 5.29. The first-order chi connectivity index (χ1) is 7.85. The van der Waals surface area contributed by atoms with E-state index < -0.39 is 0 Å². The standard InChI is InChI=1S/C12H19N3O/c1-16-10-12(6-4-8-15-12)9-14-11-5-2-3-7-13-11/h2-3,5,7,15H,4,6,8-10H2,1H3,(H,13,14). The third-order valence-corrected chi connectivity index (χ3v) is 3.03. The number of aromatic nitrogens is 1. The molecule has 0 saturated carbocycles. The predicted octanol–water partition coefficient (Wildman–Crippen LogP) is 1.26. The monoisotopic (exact) mass is 221 g/mol. The molecule has 0 aliphatic carbocycles. The lowest BCUT2D eigenvalue weighted by Gasteiger charge is -2.29. The Labute approximate surface area is 96.4 Å². The molecule has 0 amide bonds. The van der Waals surface area contributed by atoms with Crippen LogP contribution in [0.1, 0.15) is 12.8 Å². The van der Waals surface area contributed by atoms with Crippen molar-refractivity contribution in [2.45, 2.75) is 18.4 Å². The van der Waals surface area contributed by atoms with Gasteiger partial charge in [-0.25, -0.2) is 4.98 Å². The Morgan fingerprint density at radius 3 is 3.12 bits per heavy atom. The summed E-state index contributed by atoms with van der Waals surface area (Å²) in [5.74, 6) is 0.923. The van der Waals surface area contributed by atoms with Crippen LogP contribution < -0.4 is 10.6 Å². The van der Waals surface area contributed by atoms with Crippen molar-refractivity contribution in [1.29, 1.82) is 0 Å². The molecule has 4 nitrogen and oxygen atoms in total. The van der Waals surface area contributed by atoms with Crippen molar-refractivity contribution >= 4 is 5.82 Å². The Bertz CT molecular complexity index is 309. The maximum atomic E-state index is 5.29. The average molecular weight is 221 g/mol. The number of pyridine rings is 1. The number of hydrogen-bond acceptors (Lipinski definition) is 4. The molecule has 1 aromatic rings. The van der Waals surface area contributed by atoms with E-state index in [1.54, 1.807) is 13.3 Å². The van der Waals surface area contributed by atoms with Crippen LogP contribution in [0.15, 0.2) is 24.4 Å². The number of methoxy groups -OCH3 is 1. The van der Waals surface area contributed by atoms with Crippen LogP contribution in [0.3, 0.4) is 0 Å². The number of anilines is 1. The first kappa shape index (κ1) is 11.4. The zero-order valence-corrected chi connectivity index (χ0v) is 9.70. The lowest BCUT2D eigenvalue weighted by molar-refractivity contribution is 0.127. The van der Waals surface area contributed by atoms with Crippen molar-refractivity contribution in [3.05, 3.63) is 24.4 Å². The fourth-order valence-corrected chi connectivity index (χ4v) is 2.20. The van der Waals surface area contributed by atoms with Crippen LogP contribution >= 0.6 is 0 Å². The zero-order chi connectivity index (χ0) is 11.3.